The summed E-state index contributed by atoms with van der Waals surface area (Å²) >= 11 is 0. The fraction of sp³-hybridized carbons (Fsp3) is 0.818. The first-order valence-corrected chi connectivity index (χ1v) is 5.48. The lowest BCUT2D eigenvalue weighted by Crippen LogP contribution is -2.52. The maximum atomic E-state index is 8.53. The predicted octanol–water partition coefficient (Wildman–Crippen LogP) is 0.820. The van der Waals surface area contributed by atoms with Crippen molar-refractivity contribution in [3.8, 4) is 12.1 Å². The number of nitrogens with zero attached hydrogens (tertiary/aromatic N) is 4. The van der Waals surface area contributed by atoms with E-state index in [-0.39, 0.29) is 0 Å². The second kappa shape index (κ2) is 6.40. The smallest absolute Gasteiger partial charge is 0.0635 e. The molecule has 15 heavy (non-hydrogen) atoms. The van der Waals surface area contributed by atoms with E-state index in [0.29, 0.717) is 18.9 Å². The van der Waals surface area contributed by atoms with Crippen LogP contribution in [0.4, 0.5) is 0 Å². The fourth-order valence-corrected chi connectivity index (χ4v) is 2.01. The summed E-state index contributed by atoms with van der Waals surface area (Å²) in [5.74, 6) is 0. The highest BCUT2D eigenvalue weighted by molar-refractivity contribution is 4.83. The fourth-order valence-electron chi connectivity index (χ4n) is 2.01. The third-order valence-corrected chi connectivity index (χ3v) is 2.90. The first-order valence-electron chi connectivity index (χ1n) is 5.48. The zero-order valence-corrected chi connectivity index (χ0v) is 9.32. The second-order valence-electron chi connectivity index (χ2n) is 4.00. The van der Waals surface area contributed by atoms with Crippen LogP contribution in [0.5, 0.6) is 0 Å². The van der Waals surface area contributed by atoms with Gasteiger partial charge >= 0.3 is 0 Å². The molecule has 1 fully saturated rings. The SMILES string of the molecule is CC1CN(CCC#N)CCN1CCC#N. The van der Waals surface area contributed by atoms with Crippen molar-refractivity contribution < 1.29 is 0 Å². The summed E-state index contributed by atoms with van der Waals surface area (Å²) in [6, 6.07) is 4.87. The molecular weight excluding hydrogens is 188 g/mol. The van der Waals surface area contributed by atoms with Crippen molar-refractivity contribution in [2.24, 2.45) is 0 Å². The lowest BCUT2D eigenvalue weighted by Gasteiger charge is -2.39. The predicted molar refractivity (Wildman–Crippen MR) is 57.9 cm³/mol. The Bertz CT molecular complexity index is 263. The topological polar surface area (TPSA) is 54.1 Å². The molecule has 0 amide bonds. The molecule has 1 aliphatic heterocycles. The minimum atomic E-state index is 0.505. The maximum absolute atomic E-state index is 8.53. The Morgan fingerprint density at radius 1 is 1.13 bits per heavy atom. The van der Waals surface area contributed by atoms with E-state index < -0.39 is 0 Å². The van der Waals surface area contributed by atoms with Crippen LogP contribution < -0.4 is 0 Å². The van der Waals surface area contributed by atoms with Crippen LogP contribution in [0.3, 0.4) is 0 Å². The first kappa shape index (κ1) is 12.0. The molecule has 0 aliphatic carbocycles. The highest BCUT2D eigenvalue weighted by Gasteiger charge is 2.22. The summed E-state index contributed by atoms with van der Waals surface area (Å²) in [4.78, 5) is 4.68. The highest BCUT2D eigenvalue weighted by Crippen LogP contribution is 2.09. The van der Waals surface area contributed by atoms with Crippen LogP contribution in [-0.2, 0) is 0 Å². The van der Waals surface area contributed by atoms with Crippen molar-refractivity contribution in [2.45, 2.75) is 25.8 Å². The van der Waals surface area contributed by atoms with E-state index in [4.69, 9.17) is 10.5 Å². The summed E-state index contributed by atoms with van der Waals surface area (Å²) in [7, 11) is 0. The van der Waals surface area contributed by atoms with E-state index in [1.54, 1.807) is 0 Å². The van der Waals surface area contributed by atoms with E-state index in [2.05, 4.69) is 28.9 Å². The molecule has 0 aromatic rings. The number of rotatable bonds is 4. The van der Waals surface area contributed by atoms with Gasteiger partial charge in [0.05, 0.1) is 12.1 Å². The first-order chi connectivity index (χ1) is 7.27. The van der Waals surface area contributed by atoms with Crippen LogP contribution >= 0.6 is 0 Å². The highest BCUT2D eigenvalue weighted by atomic mass is 15.3. The molecule has 0 spiro atoms. The van der Waals surface area contributed by atoms with Crippen molar-refractivity contribution >= 4 is 0 Å². The minimum absolute atomic E-state index is 0.505. The van der Waals surface area contributed by atoms with E-state index in [1.165, 1.54) is 0 Å². The monoisotopic (exact) mass is 206 g/mol. The molecule has 1 atom stereocenters. The zero-order chi connectivity index (χ0) is 11.1. The Balaban J connectivity index is 2.29. The van der Waals surface area contributed by atoms with Gasteiger partial charge in [0, 0.05) is 51.6 Å². The zero-order valence-electron chi connectivity index (χ0n) is 9.32. The lowest BCUT2D eigenvalue weighted by molar-refractivity contribution is 0.0869. The molecule has 0 bridgehead atoms. The van der Waals surface area contributed by atoms with Crippen LogP contribution in [0.2, 0.25) is 0 Å². The molecule has 1 aliphatic rings. The van der Waals surface area contributed by atoms with Crippen molar-refractivity contribution in [3.05, 3.63) is 0 Å². The molecule has 1 saturated heterocycles. The summed E-state index contributed by atoms with van der Waals surface area (Å²) in [5, 5.41) is 17.0. The van der Waals surface area contributed by atoms with Crippen molar-refractivity contribution in [1.82, 2.24) is 9.80 Å². The van der Waals surface area contributed by atoms with Gasteiger partial charge in [-0.2, -0.15) is 10.5 Å². The molecule has 0 N–H and O–H groups in total. The van der Waals surface area contributed by atoms with Gasteiger partial charge in [-0.1, -0.05) is 0 Å². The third-order valence-electron chi connectivity index (χ3n) is 2.90. The molecule has 1 heterocycles. The van der Waals surface area contributed by atoms with Gasteiger partial charge in [0.1, 0.15) is 0 Å². The second-order valence-corrected chi connectivity index (χ2v) is 4.00. The largest absolute Gasteiger partial charge is 0.299 e. The molecule has 82 valence electrons. The van der Waals surface area contributed by atoms with Gasteiger partial charge in [-0.15, -0.1) is 0 Å². The van der Waals surface area contributed by atoms with Gasteiger partial charge in [0.15, 0.2) is 0 Å². The summed E-state index contributed by atoms with van der Waals surface area (Å²) in [6.07, 6.45) is 1.23. The average molecular weight is 206 g/mol. The normalized spacial score (nSPS) is 23.3. The van der Waals surface area contributed by atoms with E-state index in [1.807, 2.05) is 0 Å². The molecule has 0 radical (unpaired) electrons. The molecule has 4 nitrogen and oxygen atoms in total. The Morgan fingerprint density at radius 2 is 1.80 bits per heavy atom. The molecule has 0 aromatic carbocycles. The number of nitriles is 2. The Labute approximate surface area is 91.7 Å². The average Bonchev–Trinajstić information content (AvgIpc) is 2.25. The minimum Gasteiger partial charge on any atom is -0.299 e. The number of hydrogen-bond acceptors (Lipinski definition) is 4. The molecule has 4 heteroatoms. The Kier molecular flexibility index (Phi) is 5.10. The number of piperazine rings is 1. The molecule has 0 aromatic heterocycles. The van der Waals surface area contributed by atoms with Crippen molar-refractivity contribution in [1.29, 1.82) is 10.5 Å². The van der Waals surface area contributed by atoms with Crippen LogP contribution in [0.15, 0.2) is 0 Å². The Hall–Kier alpha value is -1.10. The third kappa shape index (κ3) is 3.87. The summed E-state index contributed by atoms with van der Waals surface area (Å²) < 4.78 is 0. The van der Waals surface area contributed by atoms with E-state index in [9.17, 15) is 0 Å². The van der Waals surface area contributed by atoms with Crippen molar-refractivity contribution in [3.63, 3.8) is 0 Å². The van der Waals surface area contributed by atoms with Gasteiger partial charge in [-0.25, -0.2) is 0 Å². The van der Waals surface area contributed by atoms with Crippen LogP contribution in [-0.4, -0.2) is 48.6 Å². The molecule has 1 unspecified atom stereocenters. The quantitative estimate of drug-likeness (QED) is 0.683. The maximum Gasteiger partial charge on any atom is 0.0635 e. The Morgan fingerprint density at radius 3 is 2.40 bits per heavy atom. The van der Waals surface area contributed by atoms with Crippen LogP contribution in [0, 0.1) is 22.7 Å². The van der Waals surface area contributed by atoms with E-state index in [0.717, 1.165) is 32.7 Å². The van der Waals surface area contributed by atoms with Gasteiger partial charge in [-0.05, 0) is 6.92 Å². The molecule has 0 saturated carbocycles. The number of hydrogen-bond donors (Lipinski definition) is 0. The van der Waals surface area contributed by atoms with Gasteiger partial charge in [-0.3, -0.25) is 9.80 Å². The van der Waals surface area contributed by atoms with Gasteiger partial charge < -0.3 is 0 Å². The molecule has 1 rings (SSSR count). The van der Waals surface area contributed by atoms with Crippen LogP contribution in [0.1, 0.15) is 19.8 Å². The van der Waals surface area contributed by atoms with Crippen LogP contribution in [0.25, 0.3) is 0 Å². The molecular formula is C11H18N4. The summed E-state index contributed by atoms with van der Waals surface area (Å²) in [6.45, 7) is 7.02. The summed E-state index contributed by atoms with van der Waals surface area (Å²) in [5.41, 5.74) is 0. The standard InChI is InChI=1S/C11H18N4/c1-11-10-14(6-2-4-12)8-9-15(11)7-3-5-13/h11H,2-3,6-10H2,1H3. The van der Waals surface area contributed by atoms with Gasteiger partial charge in [0.25, 0.3) is 0 Å². The van der Waals surface area contributed by atoms with E-state index >= 15 is 0 Å². The van der Waals surface area contributed by atoms with Gasteiger partial charge in [0.2, 0.25) is 0 Å². The lowest BCUT2D eigenvalue weighted by atomic mass is 10.2. The van der Waals surface area contributed by atoms with Crippen molar-refractivity contribution in [2.75, 3.05) is 32.7 Å².